The average Bonchev–Trinajstić information content (AvgIpc) is 2.07. The van der Waals surface area contributed by atoms with E-state index in [0.29, 0.717) is 12.8 Å². The molecule has 1 N–H and O–H groups in total. The monoisotopic (exact) mass is 184 g/mol. The van der Waals surface area contributed by atoms with Crippen molar-refractivity contribution in [3.63, 3.8) is 0 Å². The summed E-state index contributed by atoms with van der Waals surface area (Å²) >= 11 is 0. The van der Waals surface area contributed by atoms with Crippen molar-refractivity contribution in [3.8, 4) is 0 Å². The van der Waals surface area contributed by atoms with Crippen LogP contribution in [0.25, 0.3) is 0 Å². The topological polar surface area (TPSA) is 46.5 Å². The smallest absolute Gasteiger partial charge is 0.308 e. The third-order valence-corrected chi connectivity index (χ3v) is 2.40. The summed E-state index contributed by atoms with van der Waals surface area (Å²) in [7, 11) is 0. The van der Waals surface area contributed by atoms with Crippen molar-refractivity contribution < 1.29 is 14.6 Å². The summed E-state index contributed by atoms with van der Waals surface area (Å²) in [6.45, 7) is 7.23. The molecule has 0 unspecified atom stereocenters. The van der Waals surface area contributed by atoms with Gasteiger partial charge in [-0.3, -0.25) is 4.79 Å². The van der Waals surface area contributed by atoms with Crippen LogP contribution in [0.15, 0.2) is 12.2 Å². The Labute approximate surface area is 78.4 Å². The van der Waals surface area contributed by atoms with E-state index in [-0.39, 0.29) is 11.9 Å². The Kier molecular flexibility index (Phi) is 2.76. The van der Waals surface area contributed by atoms with Crippen molar-refractivity contribution in [3.05, 3.63) is 12.2 Å². The quantitative estimate of drug-likeness (QED) is 0.497. The summed E-state index contributed by atoms with van der Waals surface area (Å²) in [6.07, 6.45) is 1.58. The molecule has 0 aromatic heterocycles. The molecule has 1 aliphatic heterocycles. The molecule has 0 bridgehead atoms. The zero-order valence-corrected chi connectivity index (χ0v) is 8.17. The van der Waals surface area contributed by atoms with E-state index in [0.717, 1.165) is 12.0 Å². The predicted molar refractivity (Wildman–Crippen MR) is 48.9 cm³/mol. The van der Waals surface area contributed by atoms with Gasteiger partial charge in [-0.05, 0) is 19.3 Å². The number of esters is 1. The first kappa shape index (κ1) is 10.3. The first-order valence-electron chi connectivity index (χ1n) is 4.50. The van der Waals surface area contributed by atoms with Crippen LogP contribution >= 0.6 is 0 Å². The Morgan fingerprint density at radius 3 is 2.92 bits per heavy atom. The van der Waals surface area contributed by atoms with E-state index in [4.69, 9.17) is 4.74 Å². The largest absolute Gasteiger partial charge is 0.434 e. The Balaban J connectivity index is 2.69. The van der Waals surface area contributed by atoms with Crippen molar-refractivity contribution in [2.24, 2.45) is 5.92 Å². The third-order valence-electron chi connectivity index (χ3n) is 2.40. The Hall–Kier alpha value is -0.830. The molecule has 0 aliphatic carbocycles. The number of carbonyl (C=O) groups excluding carboxylic acids is 1. The molecule has 3 nitrogen and oxygen atoms in total. The summed E-state index contributed by atoms with van der Waals surface area (Å²) in [5.41, 5.74) is 0.981. The van der Waals surface area contributed by atoms with Gasteiger partial charge >= 0.3 is 5.97 Å². The molecule has 0 spiro atoms. The van der Waals surface area contributed by atoms with Crippen LogP contribution in [0.1, 0.15) is 33.1 Å². The normalized spacial score (nSPS) is 35.0. The Morgan fingerprint density at radius 2 is 2.38 bits per heavy atom. The second-order valence-corrected chi connectivity index (χ2v) is 3.94. The summed E-state index contributed by atoms with van der Waals surface area (Å²) < 4.78 is 4.85. The molecule has 1 fully saturated rings. The van der Waals surface area contributed by atoms with Gasteiger partial charge in [0.2, 0.25) is 5.79 Å². The molecule has 13 heavy (non-hydrogen) atoms. The van der Waals surface area contributed by atoms with E-state index in [1.54, 1.807) is 0 Å². The zero-order valence-electron chi connectivity index (χ0n) is 8.17. The maximum Gasteiger partial charge on any atom is 0.308 e. The van der Waals surface area contributed by atoms with E-state index in [2.05, 4.69) is 6.58 Å². The fraction of sp³-hybridized carbons (Fsp3) is 0.700. The van der Waals surface area contributed by atoms with Crippen molar-refractivity contribution in [2.75, 3.05) is 0 Å². The highest BCUT2D eigenvalue weighted by Crippen LogP contribution is 2.29. The van der Waals surface area contributed by atoms with Gasteiger partial charge in [0, 0.05) is 13.3 Å². The van der Waals surface area contributed by atoms with Crippen LogP contribution in [0.4, 0.5) is 0 Å². The highest BCUT2D eigenvalue weighted by molar-refractivity contribution is 5.70. The lowest BCUT2D eigenvalue weighted by atomic mass is 9.92. The second kappa shape index (κ2) is 3.50. The number of hydrogen-bond acceptors (Lipinski definition) is 3. The van der Waals surface area contributed by atoms with Gasteiger partial charge in [0.25, 0.3) is 0 Å². The number of rotatable bonds is 1. The number of ether oxygens (including phenoxy) is 1. The summed E-state index contributed by atoms with van der Waals surface area (Å²) in [4.78, 5) is 11.2. The summed E-state index contributed by atoms with van der Waals surface area (Å²) in [5, 5.41) is 9.55. The SMILES string of the molecule is C=C(C)[C@@H]1CC[C@@](C)(O)OC(=O)C1. The van der Waals surface area contributed by atoms with Gasteiger partial charge in [-0.25, -0.2) is 0 Å². The van der Waals surface area contributed by atoms with Gasteiger partial charge in [-0.2, -0.15) is 0 Å². The fourth-order valence-corrected chi connectivity index (χ4v) is 1.50. The average molecular weight is 184 g/mol. The lowest BCUT2D eigenvalue weighted by Gasteiger charge is -2.20. The first-order chi connectivity index (χ1) is 5.91. The fourth-order valence-electron chi connectivity index (χ4n) is 1.50. The maximum absolute atomic E-state index is 11.2. The molecule has 3 heteroatoms. The Morgan fingerprint density at radius 1 is 1.77 bits per heavy atom. The van der Waals surface area contributed by atoms with Crippen LogP contribution in [0.2, 0.25) is 0 Å². The molecule has 1 aliphatic rings. The number of allylic oxidation sites excluding steroid dienone is 1. The number of hydrogen-bond donors (Lipinski definition) is 1. The summed E-state index contributed by atoms with van der Waals surface area (Å²) in [6, 6.07) is 0. The van der Waals surface area contributed by atoms with Crippen molar-refractivity contribution in [2.45, 2.75) is 38.9 Å². The molecular formula is C10H16O3. The molecule has 0 aromatic carbocycles. The van der Waals surface area contributed by atoms with Crippen molar-refractivity contribution in [1.82, 2.24) is 0 Å². The van der Waals surface area contributed by atoms with Gasteiger partial charge in [0.15, 0.2) is 0 Å². The van der Waals surface area contributed by atoms with Crippen molar-refractivity contribution in [1.29, 1.82) is 0 Å². The lowest BCUT2D eigenvalue weighted by molar-refractivity contribution is -0.200. The van der Waals surface area contributed by atoms with E-state index in [1.165, 1.54) is 6.92 Å². The van der Waals surface area contributed by atoms with Crippen LogP contribution in [0.5, 0.6) is 0 Å². The highest BCUT2D eigenvalue weighted by atomic mass is 16.7. The minimum Gasteiger partial charge on any atom is -0.434 e. The lowest BCUT2D eigenvalue weighted by Crippen LogP contribution is -2.28. The highest BCUT2D eigenvalue weighted by Gasteiger charge is 2.32. The minimum absolute atomic E-state index is 0.154. The molecular weight excluding hydrogens is 168 g/mol. The molecule has 2 atom stereocenters. The molecule has 1 saturated heterocycles. The number of aliphatic hydroxyl groups is 1. The van der Waals surface area contributed by atoms with Crippen LogP contribution in [-0.4, -0.2) is 16.9 Å². The van der Waals surface area contributed by atoms with Gasteiger partial charge in [-0.1, -0.05) is 12.2 Å². The van der Waals surface area contributed by atoms with E-state index >= 15 is 0 Å². The van der Waals surface area contributed by atoms with Crippen molar-refractivity contribution >= 4 is 5.97 Å². The van der Waals surface area contributed by atoms with Crippen LogP contribution < -0.4 is 0 Å². The van der Waals surface area contributed by atoms with Gasteiger partial charge < -0.3 is 9.84 Å². The number of carbonyl (C=O) groups is 1. The van der Waals surface area contributed by atoms with E-state index < -0.39 is 5.79 Å². The molecule has 1 rings (SSSR count). The molecule has 0 amide bonds. The van der Waals surface area contributed by atoms with Gasteiger partial charge in [0.1, 0.15) is 0 Å². The van der Waals surface area contributed by atoms with Crippen LogP contribution in [0.3, 0.4) is 0 Å². The molecule has 74 valence electrons. The molecule has 0 radical (unpaired) electrons. The van der Waals surface area contributed by atoms with E-state index in [9.17, 15) is 9.90 Å². The van der Waals surface area contributed by atoms with Crippen LogP contribution in [0, 0.1) is 5.92 Å². The van der Waals surface area contributed by atoms with Gasteiger partial charge in [-0.15, -0.1) is 0 Å². The predicted octanol–water partition coefficient (Wildman–Crippen LogP) is 1.61. The van der Waals surface area contributed by atoms with Crippen LogP contribution in [-0.2, 0) is 9.53 Å². The molecule has 0 aromatic rings. The minimum atomic E-state index is -1.29. The molecule has 1 heterocycles. The standard InChI is InChI=1S/C10H16O3/c1-7(2)8-4-5-10(3,12)13-9(11)6-8/h8,12H,1,4-6H2,2-3H3/t8-,10+/m1/s1. The summed E-state index contributed by atoms with van der Waals surface area (Å²) in [5.74, 6) is -1.47. The molecule has 0 saturated carbocycles. The first-order valence-corrected chi connectivity index (χ1v) is 4.50. The Bertz CT molecular complexity index is 230. The number of cyclic esters (lactones) is 1. The maximum atomic E-state index is 11.2. The van der Waals surface area contributed by atoms with Gasteiger partial charge in [0.05, 0.1) is 6.42 Å². The third kappa shape index (κ3) is 2.84. The zero-order chi connectivity index (χ0) is 10.1. The second-order valence-electron chi connectivity index (χ2n) is 3.94. The van der Waals surface area contributed by atoms with E-state index in [1.807, 2.05) is 6.92 Å².